The number of hydrogen-bond acceptors (Lipinski definition) is 4. The molecule has 0 bridgehead atoms. The van der Waals surface area contributed by atoms with E-state index in [2.05, 4.69) is 124 Å². The van der Waals surface area contributed by atoms with E-state index in [0.29, 0.717) is 13.2 Å². The van der Waals surface area contributed by atoms with Crippen LogP contribution in [-0.4, -0.2) is 39.1 Å². The molecule has 0 spiro atoms. The number of para-hydroxylation sites is 2. The predicted octanol–water partition coefficient (Wildman–Crippen LogP) is 7.61. The number of ether oxygens (including phenoxy) is 2. The summed E-state index contributed by atoms with van der Waals surface area (Å²) in [5.41, 5.74) is 8.32. The number of nitrogens with zero attached hydrogens (tertiary/aromatic N) is 2. The SMILES string of the molecule is CN1/C(=C\C=C2/CCC(/C=C/C3(COC4CO4)N(C)c4ccccc4C3(C)C)=C2Cl)C(C)(C)c2ccccc21. The molecule has 1 fully saturated rings. The number of rotatable bonds is 6. The number of benzene rings is 2. The highest BCUT2D eigenvalue weighted by molar-refractivity contribution is 6.33. The molecule has 0 saturated carbocycles. The van der Waals surface area contributed by atoms with Crippen molar-refractivity contribution in [2.75, 3.05) is 37.1 Å². The molecule has 5 heteroatoms. The van der Waals surface area contributed by atoms with Gasteiger partial charge in [-0.1, -0.05) is 93.9 Å². The van der Waals surface area contributed by atoms with E-state index in [1.54, 1.807) is 0 Å². The molecule has 3 aliphatic heterocycles. The van der Waals surface area contributed by atoms with E-state index in [4.69, 9.17) is 21.1 Å². The third kappa shape index (κ3) is 4.11. The Morgan fingerprint density at radius 1 is 0.949 bits per heavy atom. The Morgan fingerprint density at radius 3 is 2.28 bits per heavy atom. The highest BCUT2D eigenvalue weighted by Gasteiger charge is 2.55. The van der Waals surface area contributed by atoms with Crippen molar-refractivity contribution in [2.24, 2.45) is 0 Å². The molecule has 6 rings (SSSR count). The second-order valence-electron chi connectivity index (χ2n) is 12.3. The quantitative estimate of drug-likeness (QED) is 0.351. The lowest BCUT2D eigenvalue weighted by Gasteiger charge is -2.44. The summed E-state index contributed by atoms with van der Waals surface area (Å²) in [6.45, 7) is 10.5. The molecule has 204 valence electrons. The van der Waals surface area contributed by atoms with Crippen LogP contribution in [0.4, 0.5) is 11.4 Å². The molecule has 2 aromatic rings. The summed E-state index contributed by atoms with van der Waals surface area (Å²) in [4.78, 5) is 4.68. The standard InChI is InChI=1S/C34H39ClN2O2/c1-32(2)25-11-7-9-13-27(25)36(5)29(32)18-17-23-15-16-24(31(23)35)19-20-34(22-39-30-21-38-30)33(3,4)26-12-8-10-14-28(26)37(34)6/h7-14,17-20,30H,15-16,21-22H2,1-6H3/b20-19+,23-17+,29-18-. The van der Waals surface area contributed by atoms with E-state index in [1.165, 1.54) is 39.3 Å². The average molecular weight is 543 g/mol. The summed E-state index contributed by atoms with van der Waals surface area (Å²) in [5, 5.41) is 0.872. The van der Waals surface area contributed by atoms with Crippen LogP contribution >= 0.6 is 11.6 Å². The van der Waals surface area contributed by atoms with E-state index in [9.17, 15) is 0 Å². The van der Waals surface area contributed by atoms with Crippen molar-refractivity contribution >= 4 is 23.0 Å². The minimum Gasteiger partial charge on any atom is -0.362 e. The molecule has 0 aromatic heterocycles. The van der Waals surface area contributed by atoms with E-state index >= 15 is 0 Å². The van der Waals surface area contributed by atoms with Crippen LogP contribution in [0.15, 0.2) is 94.7 Å². The Kier molecular flexibility index (Phi) is 6.37. The van der Waals surface area contributed by atoms with Gasteiger partial charge in [-0.05, 0) is 53.3 Å². The van der Waals surface area contributed by atoms with Crippen molar-refractivity contribution in [3.05, 3.63) is 106 Å². The maximum absolute atomic E-state index is 7.04. The van der Waals surface area contributed by atoms with E-state index in [0.717, 1.165) is 17.9 Å². The maximum Gasteiger partial charge on any atom is 0.181 e. The van der Waals surface area contributed by atoms with Crippen LogP contribution in [0.1, 0.15) is 51.7 Å². The van der Waals surface area contributed by atoms with Crippen molar-refractivity contribution < 1.29 is 9.47 Å². The average Bonchev–Trinajstić information content (AvgIpc) is 3.63. The summed E-state index contributed by atoms with van der Waals surface area (Å²) in [6, 6.07) is 17.4. The van der Waals surface area contributed by atoms with Crippen LogP contribution in [0.5, 0.6) is 0 Å². The second kappa shape index (κ2) is 9.40. The van der Waals surface area contributed by atoms with Crippen LogP contribution in [-0.2, 0) is 20.3 Å². The highest BCUT2D eigenvalue weighted by Crippen LogP contribution is 2.52. The molecule has 39 heavy (non-hydrogen) atoms. The van der Waals surface area contributed by atoms with Gasteiger partial charge in [-0.15, -0.1) is 0 Å². The van der Waals surface area contributed by atoms with Crippen molar-refractivity contribution in [3.8, 4) is 0 Å². The van der Waals surface area contributed by atoms with Gasteiger partial charge in [0.25, 0.3) is 0 Å². The third-order valence-corrected chi connectivity index (χ3v) is 10.1. The zero-order valence-corrected chi connectivity index (χ0v) is 24.7. The summed E-state index contributed by atoms with van der Waals surface area (Å²) in [6.07, 6.45) is 10.9. The van der Waals surface area contributed by atoms with Gasteiger partial charge >= 0.3 is 0 Å². The first-order valence-electron chi connectivity index (χ1n) is 14.0. The lowest BCUT2D eigenvalue weighted by Crippen LogP contribution is -2.56. The molecule has 0 N–H and O–H groups in total. The fraction of sp³-hybridized carbons (Fsp3) is 0.412. The van der Waals surface area contributed by atoms with Gasteiger partial charge in [0, 0.05) is 47.0 Å². The third-order valence-electron chi connectivity index (χ3n) is 9.58. The predicted molar refractivity (Wildman–Crippen MR) is 162 cm³/mol. The fourth-order valence-electron chi connectivity index (χ4n) is 6.89. The molecule has 4 nitrogen and oxygen atoms in total. The number of allylic oxidation sites excluding steroid dienone is 7. The van der Waals surface area contributed by atoms with Gasteiger partial charge < -0.3 is 19.3 Å². The number of anilines is 2. The monoisotopic (exact) mass is 542 g/mol. The largest absolute Gasteiger partial charge is 0.362 e. The summed E-state index contributed by atoms with van der Waals surface area (Å²) >= 11 is 7.04. The van der Waals surface area contributed by atoms with E-state index in [-0.39, 0.29) is 22.7 Å². The van der Waals surface area contributed by atoms with Crippen molar-refractivity contribution in [1.29, 1.82) is 0 Å². The van der Waals surface area contributed by atoms with Crippen LogP contribution < -0.4 is 9.80 Å². The van der Waals surface area contributed by atoms with Crippen LogP contribution in [0.2, 0.25) is 0 Å². The zero-order valence-electron chi connectivity index (χ0n) is 23.9. The maximum atomic E-state index is 7.04. The molecule has 1 saturated heterocycles. The van der Waals surface area contributed by atoms with Crippen molar-refractivity contribution in [2.45, 2.75) is 63.2 Å². The zero-order chi connectivity index (χ0) is 27.6. The Balaban J connectivity index is 1.31. The highest BCUT2D eigenvalue weighted by atomic mass is 35.5. The Hall–Kier alpha value is -2.79. The Bertz CT molecular complexity index is 1430. The van der Waals surface area contributed by atoms with Gasteiger partial charge in [0.15, 0.2) is 6.29 Å². The molecule has 4 aliphatic rings. The van der Waals surface area contributed by atoms with Crippen molar-refractivity contribution in [3.63, 3.8) is 0 Å². The molecule has 1 aliphatic carbocycles. The molecule has 0 amide bonds. The number of epoxide rings is 1. The molecule has 2 aromatic carbocycles. The summed E-state index contributed by atoms with van der Waals surface area (Å²) in [7, 11) is 4.33. The first kappa shape index (κ1) is 26.4. The normalized spacial score (nSPS) is 28.7. The minimum absolute atomic E-state index is 0.0504. The van der Waals surface area contributed by atoms with Crippen molar-refractivity contribution in [1.82, 2.24) is 0 Å². The van der Waals surface area contributed by atoms with Gasteiger partial charge in [-0.2, -0.15) is 0 Å². The van der Waals surface area contributed by atoms with Gasteiger partial charge in [0.05, 0.1) is 12.1 Å². The van der Waals surface area contributed by atoms with E-state index < -0.39 is 0 Å². The summed E-state index contributed by atoms with van der Waals surface area (Å²) in [5.74, 6) is 0. The van der Waals surface area contributed by atoms with Gasteiger partial charge in [0.2, 0.25) is 0 Å². The molecule has 2 atom stereocenters. The van der Waals surface area contributed by atoms with Crippen LogP contribution in [0.25, 0.3) is 0 Å². The second-order valence-corrected chi connectivity index (χ2v) is 12.7. The first-order chi connectivity index (χ1) is 18.6. The van der Waals surface area contributed by atoms with Crippen LogP contribution in [0, 0.1) is 0 Å². The summed E-state index contributed by atoms with van der Waals surface area (Å²) < 4.78 is 11.6. The molecular formula is C34H39ClN2O2. The van der Waals surface area contributed by atoms with Gasteiger partial charge in [0.1, 0.15) is 6.61 Å². The van der Waals surface area contributed by atoms with Gasteiger partial charge in [-0.25, -0.2) is 0 Å². The molecule has 3 heterocycles. The first-order valence-corrected chi connectivity index (χ1v) is 14.3. The topological polar surface area (TPSA) is 28.2 Å². The molecule has 2 unspecified atom stereocenters. The van der Waals surface area contributed by atoms with E-state index in [1.807, 2.05) is 0 Å². The van der Waals surface area contributed by atoms with Crippen LogP contribution in [0.3, 0.4) is 0 Å². The fourth-order valence-corrected chi connectivity index (χ4v) is 7.21. The lowest BCUT2D eigenvalue weighted by molar-refractivity contribution is 0.0160. The number of fused-ring (bicyclic) bond motifs is 2. The van der Waals surface area contributed by atoms with Gasteiger partial charge in [-0.3, -0.25) is 0 Å². The number of likely N-dealkylation sites (N-methyl/N-ethyl adjacent to an activating group) is 2. The molecular weight excluding hydrogens is 504 g/mol. The lowest BCUT2D eigenvalue weighted by atomic mass is 9.70. The smallest absolute Gasteiger partial charge is 0.181 e. The Labute approximate surface area is 238 Å². The number of hydrogen-bond donors (Lipinski definition) is 0. The number of halogens is 1. The minimum atomic E-state index is -0.358. The molecule has 0 radical (unpaired) electrons. The Morgan fingerprint density at radius 2 is 1.62 bits per heavy atom.